The summed E-state index contributed by atoms with van der Waals surface area (Å²) in [5.74, 6) is 0. The van der Waals surface area contributed by atoms with Crippen molar-refractivity contribution in [1.82, 2.24) is 10.2 Å². The molecule has 1 amide bonds. The van der Waals surface area contributed by atoms with E-state index in [1.54, 1.807) is 4.90 Å². The van der Waals surface area contributed by atoms with Gasteiger partial charge in [-0.1, -0.05) is 20.8 Å². The molecular weight excluding hydrogens is 260 g/mol. The Morgan fingerprint density at radius 2 is 2.05 bits per heavy atom. The van der Waals surface area contributed by atoms with Crippen LogP contribution in [0.2, 0.25) is 18.1 Å². The predicted octanol–water partition coefficient (Wildman–Crippen LogP) is 2.45. The quantitative estimate of drug-likeness (QED) is 0.762. The van der Waals surface area contributed by atoms with Gasteiger partial charge in [-0.05, 0) is 31.0 Å². The molecule has 2 saturated heterocycles. The molecule has 6 heteroatoms. The standard InChI is InChI=1S/C13H26N2O3Si/c1-4-19(5-2,6-3)18-13-8-7-11(9-14-10-13)15(13)12(16)17/h11,14H,4-10H2,1-3H3,(H,16,17). The Bertz CT molecular complexity index is 337. The van der Waals surface area contributed by atoms with E-state index in [0.29, 0.717) is 6.54 Å². The molecule has 2 atom stereocenters. The van der Waals surface area contributed by atoms with Gasteiger partial charge in [0.05, 0.1) is 6.04 Å². The highest BCUT2D eigenvalue weighted by Gasteiger charge is 2.55. The number of hydrogen-bond donors (Lipinski definition) is 2. The monoisotopic (exact) mass is 286 g/mol. The third kappa shape index (κ3) is 2.41. The first-order valence-corrected chi connectivity index (χ1v) is 9.98. The Kier molecular flexibility index (Phi) is 4.22. The molecule has 0 aliphatic carbocycles. The van der Waals surface area contributed by atoms with E-state index in [4.69, 9.17) is 4.43 Å². The van der Waals surface area contributed by atoms with Crippen molar-refractivity contribution < 1.29 is 14.3 Å². The molecule has 2 fully saturated rings. The molecule has 2 N–H and O–H groups in total. The van der Waals surface area contributed by atoms with Crippen LogP contribution in [0.25, 0.3) is 0 Å². The van der Waals surface area contributed by atoms with Gasteiger partial charge < -0.3 is 14.8 Å². The fourth-order valence-electron chi connectivity index (χ4n) is 3.61. The largest absolute Gasteiger partial charge is 0.465 e. The molecule has 0 aromatic carbocycles. The predicted molar refractivity (Wildman–Crippen MR) is 76.8 cm³/mol. The van der Waals surface area contributed by atoms with Gasteiger partial charge in [0.1, 0.15) is 5.72 Å². The fourth-order valence-corrected chi connectivity index (χ4v) is 6.62. The highest BCUT2D eigenvalue weighted by Crippen LogP contribution is 2.41. The fraction of sp³-hybridized carbons (Fsp3) is 0.923. The second kappa shape index (κ2) is 5.42. The third-order valence-corrected chi connectivity index (χ3v) is 9.68. The molecule has 2 heterocycles. The van der Waals surface area contributed by atoms with Crippen LogP contribution < -0.4 is 5.32 Å². The summed E-state index contributed by atoms with van der Waals surface area (Å²) in [6, 6.07) is 3.25. The smallest absolute Gasteiger partial charge is 0.409 e. The van der Waals surface area contributed by atoms with Crippen LogP contribution >= 0.6 is 0 Å². The van der Waals surface area contributed by atoms with E-state index in [0.717, 1.165) is 37.5 Å². The number of rotatable bonds is 5. The lowest BCUT2D eigenvalue weighted by atomic mass is 10.1. The average Bonchev–Trinajstić information content (AvgIpc) is 2.64. The lowest BCUT2D eigenvalue weighted by Crippen LogP contribution is -2.66. The summed E-state index contributed by atoms with van der Waals surface area (Å²) in [6.07, 6.45) is 0.933. The molecule has 0 aromatic heterocycles. The number of carbonyl (C=O) groups is 1. The Morgan fingerprint density at radius 3 is 2.58 bits per heavy atom. The molecule has 110 valence electrons. The maximum absolute atomic E-state index is 11.6. The van der Waals surface area contributed by atoms with E-state index in [1.807, 2.05) is 0 Å². The van der Waals surface area contributed by atoms with Gasteiger partial charge >= 0.3 is 6.09 Å². The number of carboxylic acid groups (broad SMARTS) is 1. The zero-order valence-corrected chi connectivity index (χ0v) is 13.2. The lowest BCUT2D eigenvalue weighted by Gasteiger charge is -2.48. The molecule has 2 aliphatic heterocycles. The Hall–Kier alpha value is -0.593. The summed E-state index contributed by atoms with van der Waals surface area (Å²) in [5, 5.41) is 12.9. The normalized spacial score (nSPS) is 30.7. The van der Waals surface area contributed by atoms with Gasteiger partial charge in [0.15, 0.2) is 8.32 Å². The Labute approximate surface area is 116 Å². The van der Waals surface area contributed by atoms with Gasteiger partial charge in [-0.3, -0.25) is 4.90 Å². The molecule has 2 bridgehead atoms. The van der Waals surface area contributed by atoms with Crippen molar-refractivity contribution in [3.05, 3.63) is 0 Å². The number of fused-ring (bicyclic) bond motifs is 2. The molecule has 2 unspecified atom stereocenters. The van der Waals surface area contributed by atoms with E-state index >= 15 is 0 Å². The number of nitrogens with zero attached hydrogens (tertiary/aromatic N) is 1. The minimum Gasteiger partial charge on any atom is -0.465 e. The molecule has 19 heavy (non-hydrogen) atoms. The zero-order chi connectivity index (χ0) is 14.1. The summed E-state index contributed by atoms with van der Waals surface area (Å²) in [7, 11) is -1.80. The minimum atomic E-state index is -1.80. The molecule has 2 rings (SSSR count). The van der Waals surface area contributed by atoms with Crippen LogP contribution in [0.5, 0.6) is 0 Å². The van der Waals surface area contributed by atoms with E-state index < -0.39 is 20.1 Å². The van der Waals surface area contributed by atoms with Crippen molar-refractivity contribution in [2.45, 2.75) is 63.5 Å². The van der Waals surface area contributed by atoms with Crippen molar-refractivity contribution >= 4 is 14.4 Å². The van der Waals surface area contributed by atoms with Gasteiger partial charge in [0.2, 0.25) is 0 Å². The number of nitrogens with one attached hydrogen (secondary N) is 1. The molecular formula is C13H26N2O3Si. The molecule has 0 spiro atoms. The van der Waals surface area contributed by atoms with Crippen molar-refractivity contribution in [2.75, 3.05) is 13.1 Å². The van der Waals surface area contributed by atoms with E-state index in [-0.39, 0.29) is 6.04 Å². The molecule has 0 saturated carbocycles. The van der Waals surface area contributed by atoms with Gasteiger partial charge in [0.25, 0.3) is 0 Å². The third-order valence-electron chi connectivity index (χ3n) is 5.00. The first-order valence-electron chi connectivity index (χ1n) is 7.45. The second-order valence-corrected chi connectivity index (χ2v) is 10.5. The van der Waals surface area contributed by atoms with Crippen LogP contribution in [0.1, 0.15) is 33.6 Å². The molecule has 0 aromatic rings. The summed E-state index contributed by atoms with van der Waals surface area (Å²) >= 11 is 0. The van der Waals surface area contributed by atoms with Crippen molar-refractivity contribution in [3.8, 4) is 0 Å². The summed E-state index contributed by atoms with van der Waals surface area (Å²) < 4.78 is 6.60. The number of hydrogen-bond acceptors (Lipinski definition) is 3. The first-order chi connectivity index (χ1) is 9.02. The van der Waals surface area contributed by atoms with E-state index in [1.165, 1.54) is 0 Å². The number of piperazine rings is 1. The van der Waals surface area contributed by atoms with Crippen LogP contribution in [0.3, 0.4) is 0 Å². The van der Waals surface area contributed by atoms with Crippen LogP contribution in [-0.2, 0) is 4.43 Å². The summed E-state index contributed by atoms with van der Waals surface area (Å²) in [4.78, 5) is 13.2. The van der Waals surface area contributed by atoms with Crippen LogP contribution in [0.4, 0.5) is 4.79 Å². The highest BCUT2D eigenvalue weighted by atomic mass is 28.4. The number of amides is 1. The minimum absolute atomic E-state index is 0.0866. The van der Waals surface area contributed by atoms with Crippen molar-refractivity contribution in [2.24, 2.45) is 0 Å². The van der Waals surface area contributed by atoms with E-state index in [2.05, 4.69) is 26.1 Å². The van der Waals surface area contributed by atoms with Gasteiger partial charge in [0, 0.05) is 13.1 Å². The molecule has 2 aliphatic rings. The topological polar surface area (TPSA) is 61.8 Å². The van der Waals surface area contributed by atoms with Gasteiger partial charge in [-0.25, -0.2) is 4.79 Å². The Balaban J connectivity index is 2.27. The highest BCUT2D eigenvalue weighted by molar-refractivity contribution is 6.73. The SMILES string of the molecule is CC[Si](CC)(CC)OC12CCC(CNC1)N2C(=O)O. The lowest BCUT2D eigenvalue weighted by molar-refractivity contribution is -0.0768. The summed E-state index contributed by atoms with van der Waals surface area (Å²) in [5.41, 5.74) is -0.594. The maximum Gasteiger partial charge on any atom is 0.409 e. The van der Waals surface area contributed by atoms with Crippen LogP contribution in [0, 0.1) is 0 Å². The molecule has 0 radical (unpaired) electrons. The van der Waals surface area contributed by atoms with Crippen molar-refractivity contribution in [1.29, 1.82) is 0 Å². The second-order valence-electron chi connectivity index (χ2n) is 5.77. The molecule has 5 nitrogen and oxygen atoms in total. The zero-order valence-electron chi connectivity index (χ0n) is 12.2. The van der Waals surface area contributed by atoms with Crippen LogP contribution in [-0.4, -0.2) is 49.3 Å². The maximum atomic E-state index is 11.6. The van der Waals surface area contributed by atoms with Gasteiger partial charge in [-0.15, -0.1) is 0 Å². The summed E-state index contributed by atoms with van der Waals surface area (Å²) in [6.45, 7) is 7.96. The van der Waals surface area contributed by atoms with Crippen molar-refractivity contribution in [3.63, 3.8) is 0 Å². The van der Waals surface area contributed by atoms with Gasteiger partial charge in [-0.2, -0.15) is 0 Å². The average molecular weight is 286 g/mol. The van der Waals surface area contributed by atoms with Crippen LogP contribution in [0.15, 0.2) is 0 Å². The first kappa shape index (κ1) is 14.8. The van der Waals surface area contributed by atoms with E-state index in [9.17, 15) is 9.90 Å². The Morgan fingerprint density at radius 1 is 1.42 bits per heavy atom.